The van der Waals surface area contributed by atoms with Crippen LogP contribution >= 0.6 is 0 Å². The van der Waals surface area contributed by atoms with E-state index in [0.29, 0.717) is 5.92 Å². The average molecular weight is 230 g/mol. The van der Waals surface area contributed by atoms with Gasteiger partial charge >= 0.3 is 5.97 Å². The summed E-state index contributed by atoms with van der Waals surface area (Å²) in [6.07, 6.45) is -0.609. The maximum absolute atomic E-state index is 12.0. The molecular formula is C13H26O3. The van der Waals surface area contributed by atoms with Crippen LogP contribution in [0.1, 0.15) is 48.5 Å². The number of carbonyl (C=O) groups excluding carboxylic acids is 1. The Balaban J connectivity index is 4.71. The predicted molar refractivity (Wildman–Crippen MR) is 65.0 cm³/mol. The molecule has 0 bridgehead atoms. The number of carbonyl (C=O) groups is 1. The molecule has 96 valence electrons. The van der Waals surface area contributed by atoms with Crippen molar-refractivity contribution in [2.75, 3.05) is 6.61 Å². The molecule has 0 heterocycles. The Labute approximate surface area is 99.2 Å². The first-order chi connectivity index (χ1) is 7.03. The largest absolute Gasteiger partial charge is 0.463 e. The summed E-state index contributed by atoms with van der Waals surface area (Å²) < 4.78 is 5.12. The maximum Gasteiger partial charge on any atom is 0.312 e. The van der Waals surface area contributed by atoms with Crippen LogP contribution in [0, 0.1) is 16.7 Å². The van der Waals surface area contributed by atoms with Gasteiger partial charge in [-0.05, 0) is 32.1 Å². The van der Waals surface area contributed by atoms with Gasteiger partial charge in [0.15, 0.2) is 0 Å². The van der Waals surface area contributed by atoms with Crippen molar-refractivity contribution in [3.63, 3.8) is 0 Å². The minimum absolute atomic E-state index is 0.0659. The summed E-state index contributed by atoms with van der Waals surface area (Å²) >= 11 is 0. The highest BCUT2D eigenvalue weighted by Crippen LogP contribution is 2.45. The SMILES string of the molecule is CC(O)COC(=O)C(C)(C)C(C)(C)C(C)C. The molecule has 0 spiro atoms. The van der Waals surface area contributed by atoms with Gasteiger partial charge in [0.1, 0.15) is 6.61 Å². The van der Waals surface area contributed by atoms with Gasteiger partial charge < -0.3 is 9.84 Å². The highest BCUT2D eigenvalue weighted by atomic mass is 16.5. The lowest BCUT2D eigenvalue weighted by molar-refractivity contribution is -0.165. The number of esters is 1. The molecule has 0 aliphatic carbocycles. The third-order valence-electron chi connectivity index (χ3n) is 4.02. The van der Waals surface area contributed by atoms with E-state index < -0.39 is 11.5 Å². The van der Waals surface area contributed by atoms with Crippen LogP contribution in [0.15, 0.2) is 0 Å². The van der Waals surface area contributed by atoms with Crippen LogP contribution in [0.25, 0.3) is 0 Å². The number of hydrogen-bond acceptors (Lipinski definition) is 3. The van der Waals surface area contributed by atoms with Gasteiger partial charge in [-0.2, -0.15) is 0 Å². The zero-order chi connectivity index (χ0) is 13.1. The quantitative estimate of drug-likeness (QED) is 0.738. The van der Waals surface area contributed by atoms with Crippen molar-refractivity contribution in [2.45, 2.75) is 54.6 Å². The van der Waals surface area contributed by atoms with Gasteiger partial charge in [0.05, 0.1) is 11.5 Å². The van der Waals surface area contributed by atoms with E-state index in [2.05, 4.69) is 27.7 Å². The molecule has 0 aromatic rings. The van der Waals surface area contributed by atoms with Gasteiger partial charge in [0, 0.05) is 0 Å². The third-order valence-corrected chi connectivity index (χ3v) is 4.02. The lowest BCUT2D eigenvalue weighted by Crippen LogP contribution is -2.44. The van der Waals surface area contributed by atoms with Crippen LogP contribution in [0.2, 0.25) is 0 Å². The van der Waals surface area contributed by atoms with Crippen LogP contribution in [0.3, 0.4) is 0 Å². The third kappa shape index (κ3) is 3.21. The van der Waals surface area contributed by atoms with Crippen molar-refractivity contribution in [3.05, 3.63) is 0 Å². The summed E-state index contributed by atoms with van der Waals surface area (Å²) in [6, 6.07) is 0. The van der Waals surface area contributed by atoms with Crippen molar-refractivity contribution in [2.24, 2.45) is 16.7 Å². The van der Waals surface area contributed by atoms with Crippen molar-refractivity contribution in [3.8, 4) is 0 Å². The van der Waals surface area contributed by atoms with Gasteiger partial charge in [0.25, 0.3) is 0 Å². The van der Waals surface area contributed by atoms with Gasteiger partial charge in [-0.1, -0.05) is 27.7 Å². The Morgan fingerprint density at radius 2 is 1.62 bits per heavy atom. The molecule has 0 radical (unpaired) electrons. The van der Waals surface area contributed by atoms with Gasteiger partial charge in [-0.15, -0.1) is 0 Å². The molecule has 16 heavy (non-hydrogen) atoms. The molecule has 0 amide bonds. The Morgan fingerprint density at radius 3 is 1.94 bits per heavy atom. The molecule has 0 aliphatic rings. The Kier molecular flexibility index (Phi) is 4.99. The molecule has 0 aromatic carbocycles. The van der Waals surface area contributed by atoms with E-state index in [-0.39, 0.29) is 18.0 Å². The Hall–Kier alpha value is -0.570. The Morgan fingerprint density at radius 1 is 1.19 bits per heavy atom. The second kappa shape index (κ2) is 5.17. The van der Waals surface area contributed by atoms with Gasteiger partial charge in [-0.25, -0.2) is 0 Å². The average Bonchev–Trinajstić information content (AvgIpc) is 2.13. The van der Waals surface area contributed by atoms with E-state index in [1.165, 1.54) is 0 Å². The molecule has 0 saturated carbocycles. The van der Waals surface area contributed by atoms with E-state index in [4.69, 9.17) is 9.84 Å². The number of hydrogen-bond donors (Lipinski definition) is 1. The lowest BCUT2D eigenvalue weighted by Gasteiger charge is -2.42. The first-order valence-corrected chi connectivity index (χ1v) is 5.88. The number of aliphatic hydroxyl groups is 1. The molecule has 0 aromatic heterocycles. The smallest absolute Gasteiger partial charge is 0.312 e. The van der Waals surface area contributed by atoms with Crippen molar-refractivity contribution >= 4 is 5.97 Å². The summed E-state index contributed by atoms with van der Waals surface area (Å²) in [7, 11) is 0. The number of rotatable bonds is 5. The summed E-state index contributed by atoms with van der Waals surface area (Å²) in [4.78, 5) is 12.0. The number of aliphatic hydroxyl groups excluding tert-OH is 1. The normalized spacial score (nSPS) is 15.1. The summed E-state index contributed by atoms with van der Waals surface area (Å²) in [5.74, 6) is 0.133. The highest BCUT2D eigenvalue weighted by molar-refractivity contribution is 5.77. The van der Waals surface area contributed by atoms with Crippen molar-refractivity contribution in [1.82, 2.24) is 0 Å². The first kappa shape index (κ1) is 15.4. The van der Waals surface area contributed by atoms with Crippen LogP contribution < -0.4 is 0 Å². The summed E-state index contributed by atoms with van der Waals surface area (Å²) in [5.41, 5.74) is -0.709. The molecule has 0 fully saturated rings. The van der Waals surface area contributed by atoms with E-state index in [0.717, 1.165) is 0 Å². The molecule has 0 aliphatic heterocycles. The maximum atomic E-state index is 12.0. The first-order valence-electron chi connectivity index (χ1n) is 5.88. The minimum atomic E-state index is -0.609. The second-order valence-electron chi connectivity index (χ2n) is 5.95. The van der Waals surface area contributed by atoms with E-state index >= 15 is 0 Å². The van der Waals surface area contributed by atoms with Crippen LogP contribution in [-0.4, -0.2) is 23.8 Å². The molecule has 1 unspecified atom stereocenters. The standard InChI is InChI=1S/C13H26O3/c1-9(2)12(4,5)13(6,7)11(15)16-8-10(3)14/h9-10,14H,8H2,1-7H3. The fourth-order valence-corrected chi connectivity index (χ4v) is 1.36. The summed E-state index contributed by atoms with van der Waals surface area (Å²) in [5, 5.41) is 9.10. The fraction of sp³-hybridized carbons (Fsp3) is 0.923. The van der Waals surface area contributed by atoms with Gasteiger partial charge in [0.2, 0.25) is 0 Å². The van der Waals surface area contributed by atoms with E-state index in [1.54, 1.807) is 6.92 Å². The predicted octanol–water partition coefficient (Wildman–Crippen LogP) is 2.62. The highest BCUT2D eigenvalue weighted by Gasteiger charge is 2.46. The molecule has 3 heteroatoms. The Bertz CT molecular complexity index is 240. The molecule has 1 N–H and O–H groups in total. The van der Waals surface area contributed by atoms with E-state index in [1.807, 2.05) is 13.8 Å². The van der Waals surface area contributed by atoms with Crippen LogP contribution in [0.4, 0.5) is 0 Å². The zero-order valence-corrected chi connectivity index (χ0v) is 11.6. The molecule has 1 atom stereocenters. The van der Waals surface area contributed by atoms with Crippen molar-refractivity contribution < 1.29 is 14.6 Å². The van der Waals surface area contributed by atoms with Crippen molar-refractivity contribution in [1.29, 1.82) is 0 Å². The molecule has 0 rings (SSSR count). The van der Waals surface area contributed by atoms with E-state index in [9.17, 15) is 4.79 Å². The minimum Gasteiger partial charge on any atom is -0.463 e. The monoisotopic (exact) mass is 230 g/mol. The molecule has 0 saturated heterocycles. The lowest BCUT2D eigenvalue weighted by atomic mass is 9.62. The zero-order valence-electron chi connectivity index (χ0n) is 11.6. The van der Waals surface area contributed by atoms with Crippen LogP contribution in [-0.2, 0) is 9.53 Å². The second-order valence-corrected chi connectivity index (χ2v) is 5.95. The van der Waals surface area contributed by atoms with Gasteiger partial charge in [-0.3, -0.25) is 4.79 Å². The topological polar surface area (TPSA) is 46.5 Å². The van der Waals surface area contributed by atoms with Crippen LogP contribution in [0.5, 0.6) is 0 Å². The summed E-state index contributed by atoms with van der Waals surface area (Å²) in [6.45, 7) is 13.8. The molecule has 3 nitrogen and oxygen atoms in total. The number of ether oxygens (including phenoxy) is 1. The molecular weight excluding hydrogens is 204 g/mol. The fourth-order valence-electron chi connectivity index (χ4n) is 1.36.